The second kappa shape index (κ2) is 4.97. The number of rotatable bonds is 2. The number of hydrogen-bond acceptors (Lipinski definition) is 1. The molecule has 0 aliphatic carbocycles. The Kier molecular flexibility index (Phi) is 3.53. The fraction of sp³-hybridized carbons (Fsp3) is 0.0769. The van der Waals surface area contributed by atoms with Gasteiger partial charge < -0.3 is 5.73 Å². The van der Waals surface area contributed by atoms with Gasteiger partial charge in [0.15, 0.2) is 0 Å². The third-order valence-electron chi connectivity index (χ3n) is 2.65. The fourth-order valence-electron chi connectivity index (χ4n) is 1.76. The second-order valence-electron chi connectivity index (χ2n) is 3.93. The zero-order valence-electron chi connectivity index (χ0n) is 9.43. The second-order valence-corrected chi connectivity index (χ2v) is 3.93. The van der Waals surface area contributed by atoms with Crippen molar-refractivity contribution in [2.24, 2.45) is 5.73 Å². The summed E-state index contributed by atoms with van der Waals surface area (Å²) >= 11 is 0. The highest BCUT2D eigenvalue weighted by atomic mass is 19.2. The van der Waals surface area contributed by atoms with Gasteiger partial charge >= 0.3 is 0 Å². The van der Waals surface area contributed by atoms with Gasteiger partial charge in [-0.1, -0.05) is 6.07 Å². The summed E-state index contributed by atoms with van der Waals surface area (Å²) in [5.41, 5.74) is 4.59. The number of benzene rings is 2. The van der Waals surface area contributed by atoms with E-state index in [4.69, 9.17) is 5.73 Å². The Morgan fingerprint density at radius 3 is 1.79 bits per heavy atom. The Morgan fingerprint density at radius 1 is 0.737 bits per heavy atom. The SMILES string of the molecule is NC(c1ccc(F)cc1F)c1c(F)cc(F)cc1F. The summed E-state index contributed by atoms with van der Waals surface area (Å²) in [4.78, 5) is 0. The summed E-state index contributed by atoms with van der Waals surface area (Å²) in [7, 11) is 0. The lowest BCUT2D eigenvalue weighted by atomic mass is 9.98. The van der Waals surface area contributed by atoms with Crippen molar-refractivity contribution >= 4 is 0 Å². The molecule has 1 unspecified atom stereocenters. The molecule has 6 heteroatoms. The molecule has 0 radical (unpaired) electrons. The molecule has 100 valence electrons. The van der Waals surface area contributed by atoms with Crippen LogP contribution in [0.25, 0.3) is 0 Å². The Hall–Kier alpha value is -1.95. The summed E-state index contributed by atoms with van der Waals surface area (Å²) in [6, 6.07) is 1.84. The van der Waals surface area contributed by atoms with Crippen molar-refractivity contribution in [1.82, 2.24) is 0 Å². The molecule has 0 heterocycles. The van der Waals surface area contributed by atoms with Crippen molar-refractivity contribution in [1.29, 1.82) is 0 Å². The first kappa shape index (κ1) is 13.5. The van der Waals surface area contributed by atoms with Gasteiger partial charge in [-0.25, -0.2) is 22.0 Å². The minimum Gasteiger partial charge on any atom is -0.320 e. The van der Waals surface area contributed by atoms with E-state index in [-0.39, 0.29) is 5.56 Å². The number of halogens is 5. The lowest BCUT2D eigenvalue weighted by Gasteiger charge is -2.15. The van der Waals surface area contributed by atoms with E-state index < -0.39 is 40.7 Å². The van der Waals surface area contributed by atoms with E-state index >= 15 is 0 Å². The maximum atomic E-state index is 13.5. The molecule has 2 aromatic rings. The molecule has 0 fully saturated rings. The average Bonchev–Trinajstić information content (AvgIpc) is 2.26. The van der Waals surface area contributed by atoms with Gasteiger partial charge in [0, 0.05) is 29.3 Å². The van der Waals surface area contributed by atoms with Crippen molar-refractivity contribution in [3.05, 3.63) is 70.5 Å². The van der Waals surface area contributed by atoms with Gasteiger partial charge in [-0.15, -0.1) is 0 Å². The number of nitrogens with two attached hydrogens (primary N) is 1. The van der Waals surface area contributed by atoms with Gasteiger partial charge in [-0.05, 0) is 6.07 Å². The highest BCUT2D eigenvalue weighted by Gasteiger charge is 2.22. The summed E-state index contributed by atoms with van der Waals surface area (Å²) in [6.07, 6.45) is 0. The monoisotopic (exact) mass is 273 g/mol. The molecule has 0 saturated heterocycles. The maximum Gasteiger partial charge on any atom is 0.134 e. The molecular weight excluding hydrogens is 265 g/mol. The normalized spacial score (nSPS) is 12.5. The zero-order valence-corrected chi connectivity index (χ0v) is 9.43. The fourth-order valence-corrected chi connectivity index (χ4v) is 1.76. The molecule has 0 amide bonds. The van der Waals surface area contributed by atoms with Crippen LogP contribution < -0.4 is 5.73 Å². The minimum absolute atomic E-state index is 0.286. The molecule has 0 saturated carbocycles. The van der Waals surface area contributed by atoms with Crippen LogP contribution in [0, 0.1) is 29.1 Å². The van der Waals surface area contributed by atoms with Gasteiger partial charge in [0.1, 0.15) is 29.1 Å². The Morgan fingerprint density at radius 2 is 1.26 bits per heavy atom. The van der Waals surface area contributed by atoms with E-state index in [1.807, 2.05) is 0 Å². The smallest absolute Gasteiger partial charge is 0.134 e. The molecule has 0 aliphatic heterocycles. The van der Waals surface area contributed by atoms with Crippen LogP contribution in [-0.4, -0.2) is 0 Å². The summed E-state index contributed by atoms with van der Waals surface area (Å²) in [5, 5.41) is 0. The van der Waals surface area contributed by atoms with Crippen molar-refractivity contribution in [2.45, 2.75) is 6.04 Å². The van der Waals surface area contributed by atoms with E-state index in [0.29, 0.717) is 18.2 Å². The van der Waals surface area contributed by atoms with Gasteiger partial charge in [0.05, 0.1) is 6.04 Å². The van der Waals surface area contributed by atoms with Gasteiger partial charge in [-0.3, -0.25) is 0 Å². The van der Waals surface area contributed by atoms with E-state index in [2.05, 4.69) is 0 Å². The molecule has 19 heavy (non-hydrogen) atoms. The minimum atomic E-state index is -1.50. The van der Waals surface area contributed by atoms with E-state index in [9.17, 15) is 22.0 Å². The molecule has 2 N–H and O–H groups in total. The molecule has 0 spiro atoms. The molecular formula is C13H8F5N. The van der Waals surface area contributed by atoms with Crippen LogP contribution in [0.1, 0.15) is 17.2 Å². The van der Waals surface area contributed by atoms with Crippen molar-refractivity contribution in [2.75, 3.05) is 0 Å². The predicted molar refractivity (Wildman–Crippen MR) is 58.7 cm³/mol. The lowest BCUT2D eigenvalue weighted by molar-refractivity contribution is 0.507. The van der Waals surface area contributed by atoms with E-state index in [0.717, 1.165) is 12.1 Å². The van der Waals surface area contributed by atoms with Crippen molar-refractivity contribution in [3.63, 3.8) is 0 Å². The summed E-state index contributed by atoms with van der Waals surface area (Å²) in [6.45, 7) is 0. The Bertz CT molecular complexity index is 603. The number of hydrogen-bond donors (Lipinski definition) is 1. The standard InChI is InChI=1S/C13H8F5N/c14-6-1-2-8(9(16)3-6)13(19)12-10(17)4-7(15)5-11(12)18/h1-5,13H,19H2. The molecule has 0 aromatic heterocycles. The van der Waals surface area contributed by atoms with Crippen LogP contribution in [0.3, 0.4) is 0 Å². The predicted octanol–water partition coefficient (Wildman–Crippen LogP) is 3.43. The maximum absolute atomic E-state index is 13.5. The largest absolute Gasteiger partial charge is 0.320 e. The molecule has 0 aliphatic rings. The average molecular weight is 273 g/mol. The lowest BCUT2D eigenvalue weighted by Crippen LogP contribution is -2.17. The first-order valence-electron chi connectivity index (χ1n) is 5.25. The first-order chi connectivity index (χ1) is 8.90. The van der Waals surface area contributed by atoms with Crippen LogP contribution in [0.15, 0.2) is 30.3 Å². The van der Waals surface area contributed by atoms with Gasteiger partial charge in [-0.2, -0.15) is 0 Å². The third kappa shape index (κ3) is 2.58. The van der Waals surface area contributed by atoms with Gasteiger partial charge in [0.2, 0.25) is 0 Å². The molecule has 0 bridgehead atoms. The van der Waals surface area contributed by atoms with Gasteiger partial charge in [0.25, 0.3) is 0 Å². The van der Waals surface area contributed by atoms with Crippen LogP contribution in [0.2, 0.25) is 0 Å². The van der Waals surface area contributed by atoms with Crippen LogP contribution >= 0.6 is 0 Å². The molecule has 1 nitrogen and oxygen atoms in total. The molecule has 2 aromatic carbocycles. The van der Waals surface area contributed by atoms with Crippen molar-refractivity contribution < 1.29 is 22.0 Å². The van der Waals surface area contributed by atoms with E-state index in [1.165, 1.54) is 0 Å². The highest BCUT2D eigenvalue weighted by molar-refractivity contribution is 5.34. The highest BCUT2D eigenvalue weighted by Crippen LogP contribution is 2.27. The molecule has 2 rings (SSSR count). The third-order valence-corrected chi connectivity index (χ3v) is 2.65. The van der Waals surface area contributed by atoms with Crippen LogP contribution in [-0.2, 0) is 0 Å². The van der Waals surface area contributed by atoms with Crippen LogP contribution in [0.5, 0.6) is 0 Å². The summed E-state index contributed by atoms with van der Waals surface area (Å²) in [5.74, 6) is -5.43. The summed E-state index contributed by atoms with van der Waals surface area (Å²) < 4.78 is 66.0. The molecule has 1 atom stereocenters. The van der Waals surface area contributed by atoms with Crippen LogP contribution in [0.4, 0.5) is 22.0 Å². The van der Waals surface area contributed by atoms with E-state index in [1.54, 1.807) is 0 Å². The van der Waals surface area contributed by atoms with Crippen molar-refractivity contribution in [3.8, 4) is 0 Å². The quantitative estimate of drug-likeness (QED) is 0.833. The first-order valence-corrected chi connectivity index (χ1v) is 5.25. The Labute approximate surface area is 105 Å². The zero-order chi connectivity index (χ0) is 14.2. The Balaban J connectivity index is 2.53. The topological polar surface area (TPSA) is 26.0 Å².